The maximum Gasteiger partial charge on any atom is 0.248 e. The van der Waals surface area contributed by atoms with E-state index in [0.717, 1.165) is 19.3 Å². The van der Waals surface area contributed by atoms with Gasteiger partial charge in [0.2, 0.25) is 5.92 Å². The summed E-state index contributed by atoms with van der Waals surface area (Å²) in [5.74, 6) is -2.32. The summed E-state index contributed by atoms with van der Waals surface area (Å²) in [7, 11) is 1.89. The third kappa shape index (κ3) is 3.75. The Balaban J connectivity index is 1.87. The number of aryl methyl sites for hydroxylation is 1. The van der Waals surface area contributed by atoms with Crippen molar-refractivity contribution >= 4 is 11.3 Å². The van der Waals surface area contributed by atoms with Crippen LogP contribution < -0.4 is 5.32 Å². The summed E-state index contributed by atoms with van der Waals surface area (Å²) in [4.78, 5) is 1.35. The van der Waals surface area contributed by atoms with Gasteiger partial charge in [0.05, 0.1) is 0 Å². The van der Waals surface area contributed by atoms with Crippen LogP contribution in [0, 0.1) is 5.92 Å². The van der Waals surface area contributed by atoms with Gasteiger partial charge in [0.1, 0.15) is 0 Å². The first-order valence-corrected chi connectivity index (χ1v) is 7.56. The van der Waals surface area contributed by atoms with E-state index < -0.39 is 5.92 Å². The van der Waals surface area contributed by atoms with Crippen LogP contribution in [0.1, 0.15) is 37.0 Å². The smallest absolute Gasteiger partial charge is 0.248 e. The Bertz CT molecular complexity index is 351. The molecule has 1 fully saturated rings. The molecule has 1 aliphatic carbocycles. The van der Waals surface area contributed by atoms with E-state index in [0.29, 0.717) is 6.42 Å². The second-order valence-electron chi connectivity index (χ2n) is 5.23. The molecule has 0 radical (unpaired) electrons. The molecular weight excluding hydrogens is 252 g/mol. The van der Waals surface area contributed by atoms with Gasteiger partial charge in [-0.15, -0.1) is 11.3 Å². The van der Waals surface area contributed by atoms with Crippen molar-refractivity contribution in [3.05, 3.63) is 22.4 Å². The van der Waals surface area contributed by atoms with Crippen molar-refractivity contribution in [2.45, 2.75) is 50.5 Å². The van der Waals surface area contributed by atoms with Crippen molar-refractivity contribution in [2.24, 2.45) is 5.92 Å². The van der Waals surface area contributed by atoms with Gasteiger partial charge in [0.15, 0.2) is 0 Å². The van der Waals surface area contributed by atoms with Crippen LogP contribution >= 0.6 is 11.3 Å². The molecule has 18 heavy (non-hydrogen) atoms. The van der Waals surface area contributed by atoms with Crippen LogP contribution in [0.25, 0.3) is 0 Å². The Morgan fingerprint density at radius 3 is 3.00 bits per heavy atom. The number of halogens is 2. The van der Waals surface area contributed by atoms with Gasteiger partial charge in [0.25, 0.3) is 0 Å². The average Bonchev–Trinajstić information content (AvgIpc) is 2.81. The fraction of sp³-hybridized carbons (Fsp3) is 0.714. The highest BCUT2D eigenvalue weighted by Gasteiger charge is 2.38. The molecule has 1 N–H and O–H groups in total. The maximum absolute atomic E-state index is 13.4. The average molecular weight is 273 g/mol. The zero-order valence-corrected chi connectivity index (χ0v) is 11.6. The summed E-state index contributed by atoms with van der Waals surface area (Å²) >= 11 is 1.75. The van der Waals surface area contributed by atoms with Gasteiger partial charge in [-0.2, -0.15) is 0 Å². The van der Waals surface area contributed by atoms with Gasteiger partial charge in [0, 0.05) is 23.8 Å². The van der Waals surface area contributed by atoms with Crippen molar-refractivity contribution in [3.63, 3.8) is 0 Å². The molecule has 2 rings (SSSR count). The highest BCUT2D eigenvalue weighted by Crippen LogP contribution is 2.38. The summed E-state index contributed by atoms with van der Waals surface area (Å²) in [6.45, 7) is 0. The minimum Gasteiger partial charge on any atom is -0.317 e. The van der Waals surface area contributed by atoms with Gasteiger partial charge in [-0.3, -0.25) is 0 Å². The van der Waals surface area contributed by atoms with E-state index in [2.05, 4.69) is 16.8 Å². The van der Waals surface area contributed by atoms with Gasteiger partial charge in [-0.05, 0) is 50.1 Å². The summed E-state index contributed by atoms with van der Waals surface area (Å²) in [5.41, 5.74) is 0. The minimum atomic E-state index is -2.44. The second kappa shape index (κ2) is 6.11. The summed E-state index contributed by atoms with van der Waals surface area (Å²) < 4.78 is 26.9. The number of nitrogens with one attached hydrogen (secondary N) is 1. The van der Waals surface area contributed by atoms with E-state index in [9.17, 15) is 8.78 Å². The molecule has 0 bridgehead atoms. The molecule has 1 aliphatic rings. The molecule has 1 aromatic heterocycles. The predicted molar refractivity (Wildman–Crippen MR) is 72.4 cm³/mol. The van der Waals surface area contributed by atoms with Crippen LogP contribution in [0.3, 0.4) is 0 Å². The first kappa shape index (κ1) is 13.9. The molecule has 102 valence electrons. The number of alkyl halides is 2. The van der Waals surface area contributed by atoms with Gasteiger partial charge < -0.3 is 5.32 Å². The van der Waals surface area contributed by atoms with Gasteiger partial charge in [-0.1, -0.05) is 6.07 Å². The van der Waals surface area contributed by atoms with Crippen LogP contribution in [0.5, 0.6) is 0 Å². The number of thiophene rings is 1. The number of hydrogen-bond donors (Lipinski definition) is 1. The summed E-state index contributed by atoms with van der Waals surface area (Å²) in [5, 5.41) is 5.31. The fourth-order valence-corrected chi connectivity index (χ4v) is 3.65. The molecular formula is C14H21F2NS. The third-order valence-corrected chi connectivity index (χ3v) is 4.84. The second-order valence-corrected chi connectivity index (χ2v) is 6.26. The summed E-state index contributed by atoms with van der Waals surface area (Å²) in [6, 6.07) is 4.38. The lowest BCUT2D eigenvalue weighted by Gasteiger charge is -2.34. The molecule has 0 aliphatic heterocycles. The Kier molecular flexibility index (Phi) is 4.73. The minimum absolute atomic E-state index is 0.0585. The van der Waals surface area contributed by atoms with Crippen LogP contribution in [-0.2, 0) is 6.42 Å². The fourth-order valence-electron chi connectivity index (χ4n) is 2.92. The number of rotatable bonds is 5. The molecule has 1 aromatic rings. The molecule has 2 unspecified atom stereocenters. The lowest BCUT2D eigenvalue weighted by Crippen LogP contribution is -2.40. The van der Waals surface area contributed by atoms with Crippen LogP contribution in [0.15, 0.2) is 17.5 Å². The van der Waals surface area contributed by atoms with E-state index in [1.54, 1.807) is 11.3 Å². The Morgan fingerprint density at radius 1 is 1.56 bits per heavy atom. The molecule has 2 atom stereocenters. The quantitative estimate of drug-likeness (QED) is 0.852. The maximum atomic E-state index is 13.4. The zero-order chi connectivity index (χ0) is 13.0. The Labute approximate surface area is 112 Å². The molecule has 0 spiro atoms. The third-order valence-electron chi connectivity index (χ3n) is 3.90. The van der Waals surface area contributed by atoms with Gasteiger partial charge >= 0.3 is 0 Å². The predicted octanol–water partition coefficient (Wildman–Crippen LogP) is 4.09. The molecule has 0 saturated heterocycles. The molecule has 1 nitrogen and oxygen atoms in total. The highest BCUT2D eigenvalue weighted by molar-refractivity contribution is 7.09. The van der Waals surface area contributed by atoms with E-state index >= 15 is 0 Å². The van der Waals surface area contributed by atoms with Crippen LogP contribution in [0.4, 0.5) is 8.78 Å². The SMILES string of the molecule is CNC(CCc1cccs1)C1CCCC(F)(F)C1. The van der Waals surface area contributed by atoms with Gasteiger partial charge in [-0.25, -0.2) is 8.78 Å². The van der Waals surface area contributed by atoms with Crippen LogP contribution in [-0.4, -0.2) is 19.0 Å². The first-order valence-electron chi connectivity index (χ1n) is 6.68. The normalized spacial score (nSPS) is 24.9. The topological polar surface area (TPSA) is 12.0 Å². The Morgan fingerprint density at radius 2 is 2.39 bits per heavy atom. The molecule has 0 aromatic carbocycles. The van der Waals surface area contributed by atoms with Crippen molar-refractivity contribution < 1.29 is 8.78 Å². The molecule has 0 amide bonds. The molecule has 1 saturated carbocycles. The van der Waals surface area contributed by atoms with E-state index in [1.165, 1.54) is 4.88 Å². The van der Waals surface area contributed by atoms with Crippen molar-refractivity contribution in [2.75, 3.05) is 7.05 Å². The lowest BCUT2D eigenvalue weighted by atomic mass is 9.80. The number of hydrogen-bond acceptors (Lipinski definition) is 2. The van der Waals surface area contributed by atoms with Crippen molar-refractivity contribution in [1.29, 1.82) is 0 Å². The summed E-state index contributed by atoms with van der Waals surface area (Å²) in [6.07, 6.45) is 3.68. The van der Waals surface area contributed by atoms with Crippen molar-refractivity contribution in [3.8, 4) is 0 Å². The molecule has 1 heterocycles. The standard InChI is InChI=1S/C14H21F2NS/c1-17-13(7-6-12-5-3-9-18-12)11-4-2-8-14(15,16)10-11/h3,5,9,11,13,17H,2,4,6-8,10H2,1H3. The van der Waals surface area contributed by atoms with E-state index in [4.69, 9.17) is 0 Å². The largest absolute Gasteiger partial charge is 0.317 e. The zero-order valence-electron chi connectivity index (χ0n) is 10.8. The highest BCUT2D eigenvalue weighted by atomic mass is 32.1. The van der Waals surface area contributed by atoms with E-state index in [1.807, 2.05) is 13.1 Å². The van der Waals surface area contributed by atoms with Crippen LogP contribution in [0.2, 0.25) is 0 Å². The molecule has 4 heteroatoms. The lowest BCUT2D eigenvalue weighted by molar-refractivity contribution is -0.0581. The first-order chi connectivity index (χ1) is 8.61. The Hall–Kier alpha value is -0.480. The monoisotopic (exact) mass is 273 g/mol. The van der Waals surface area contributed by atoms with Crippen molar-refractivity contribution in [1.82, 2.24) is 5.32 Å². The van der Waals surface area contributed by atoms with E-state index in [-0.39, 0.29) is 24.8 Å².